The van der Waals surface area contributed by atoms with E-state index in [1.807, 2.05) is 17.9 Å². The van der Waals surface area contributed by atoms with Crippen molar-refractivity contribution in [3.8, 4) is 5.75 Å². The summed E-state index contributed by atoms with van der Waals surface area (Å²) in [5.74, 6) is 2.06. The fourth-order valence-corrected chi connectivity index (χ4v) is 4.00. The van der Waals surface area contributed by atoms with E-state index in [9.17, 15) is 4.79 Å². The molecule has 0 radical (unpaired) electrons. The average molecular weight is 344 g/mol. The third-order valence-corrected chi connectivity index (χ3v) is 5.66. The molecule has 1 aromatic rings. The lowest BCUT2D eigenvalue weighted by atomic mass is 9.94. The predicted molar refractivity (Wildman–Crippen MR) is 101 cm³/mol. The molecular weight excluding hydrogens is 312 g/mol. The summed E-state index contributed by atoms with van der Waals surface area (Å²) < 4.78 is 6.01. The molecule has 2 aliphatic rings. The second kappa shape index (κ2) is 8.22. The van der Waals surface area contributed by atoms with Gasteiger partial charge in [0.15, 0.2) is 0 Å². The normalized spacial score (nSPS) is 22.2. The van der Waals surface area contributed by atoms with Crippen LogP contribution in [-0.4, -0.2) is 48.0 Å². The zero-order chi connectivity index (χ0) is 17.8. The number of hydrogen-bond donors (Lipinski definition) is 0. The van der Waals surface area contributed by atoms with Crippen LogP contribution in [0.1, 0.15) is 50.7 Å². The Hall–Kier alpha value is -1.55. The van der Waals surface area contributed by atoms with Crippen LogP contribution in [0, 0.1) is 12.8 Å². The molecule has 1 fully saturated rings. The molecular formula is C21H32N2O2. The van der Waals surface area contributed by atoms with Gasteiger partial charge in [-0.05, 0) is 51.8 Å². The lowest BCUT2D eigenvalue weighted by molar-refractivity contribution is -0.133. The lowest BCUT2D eigenvalue weighted by Crippen LogP contribution is -2.39. The highest BCUT2D eigenvalue weighted by Crippen LogP contribution is 2.26. The highest BCUT2D eigenvalue weighted by Gasteiger charge is 2.25. The maximum absolute atomic E-state index is 12.8. The molecule has 2 aliphatic heterocycles. The van der Waals surface area contributed by atoms with E-state index in [0.29, 0.717) is 19.5 Å². The number of hydrogen-bond acceptors (Lipinski definition) is 3. The van der Waals surface area contributed by atoms with Gasteiger partial charge in [-0.1, -0.05) is 31.0 Å². The van der Waals surface area contributed by atoms with E-state index in [1.54, 1.807) is 0 Å². The highest BCUT2D eigenvalue weighted by atomic mass is 16.5. The third-order valence-electron chi connectivity index (χ3n) is 5.66. The lowest BCUT2D eigenvalue weighted by Gasteiger charge is -2.32. The number of amides is 1. The first-order chi connectivity index (χ1) is 12.0. The smallest absolute Gasteiger partial charge is 0.224 e. The molecule has 2 heterocycles. The quantitative estimate of drug-likeness (QED) is 0.836. The van der Waals surface area contributed by atoms with E-state index in [2.05, 4.69) is 30.9 Å². The molecule has 0 aromatic heterocycles. The molecule has 1 saturated heterocycles. The Labute approximate surface area is 152 Å². The minimum absolute atomic E-state index is 0.0354. The van der Waals surface area contributed by atoms with Gasteiger partial charge in [0.05, 0.1) is 6.54 Å². The van der Waals surface area contributed by atoms with Crippen molar-refractivity contribution in [1.82, 2.24) is 9.80 Å². The van der Waals surface area contributed by atoms with Crippen molar-refractivity contribution in [3.05, 3.63) is 29.3 Å². The molecule has 1 aromatic carbocycles. The second-order valence-electron chi connectivity index (χ2n) is 7.76. The number of ether oxygens (including phenoxy) is 1. The average Bonchev–Trinajstić information content (AvgIpc) is 2.78. The molecule has 0 aliphatic carbocycles. The summed E-state index contributed by atoms with van der Waals surface area (Å²) >= 11 is 0. The van der Waals surface area contributed by atoms with E-state index >= 15 is 0 Å². The van der Waals surface area contributed by atoms with Gasteiger partial charge in [0.1, 0.15) is 11.9 Å². The van der Waals surface area contributed by atoms with Crippen LogP contribution in [0.5, 0.6) is 5.75 Å². The molecule has 1 amide bonds. The summed E-state index contributed by atoms with van der Waals surface area (Å²) in [7, 11) is 0. The van der Waals surface area contributed by atoms with Crippen LogP contribution >= 0.6 is 0 Å². The number of fused-ring (bicyclic) bond motifs is 1. The van der Waals surface area contributed by atoms with Gasteiger partial charge >= 0.3 is 0 Å². The minimum Gasteiger partial charge on any atom is -0.489 e. The molecule has 138 valence electrons. The summed E-state index contributed by atoms with van der Waals surface area (Å²) in [6.45, 7) is 10.9. The molecule has 4 heteroatoms. The highest BCUT2D eigenvalue weighted by molar-refractivity contribution is 5.76. The van der Waals surface area contributed by atoms with Gasteiger partial charge in [0.2, 0.25) is 5.91 Å². The van der Waals surface area contributed by atoms with Crippen LogP contribution in [0.15, 0.2) is 18.2 Å². The van der Waals surface area contributed by atoms with E-state index in [-0.39, 0.29) is 12.0 Å². The van der Waals surface area contributed by atoms with Gasteiger partial charge < -0.3 is 14.5 Å². The summed E-state index contributed by atoms with van der Waals surface area (Å²) in [5, 5.41) is 0. The van der Waals surface area contributed by atoms with Crippen molar-refractivity contribution in [2.75, 3.05) is 26.2 Å². The number of carbonyl (C=O) groups excluding carboxylic acids is 1. The first-order valence-electron chi connectivity index (χ1n) is 9.81. The van der Waals surface area contributed by atoms with Crippen LogP contribution in [0.2, 0.25) is 0 Å². The number of likely N-dealkylation sites (tertiary alicyclic amines) is 1. The van der Waals surface area contributed by atoms with Crippen LogP contribution < -0.4 is 4.74 Å². The largest absolute Gasteiger partial charge is 0.489 e. The summed E-state index contributed by atoms with van der Waals surface area (Å²) in [4.78, 5) is 17.2. The number of aryl methyl sites for hydroxylation is 1. The van der Waals surface area contributed by atoms with E-state index in [4.69, 9.17) is 4.74 Å². The van der Waals surface area contributed by atoms with E-state index in [0.717, 1.165) is 36.9 Å². The first-order valence-corrected chi connectivity index (χ1v) is 9.81. The molecule has 4 nitrogen and oxygen atoms in total. The van der Waals surface area contributed by atoms with Crippen molar-refractivity contribution >= 4 is 5.91 Å². The number of rotatable bonds is 4. The molecule has 3 rings (SSSR count). The zero-order valence-electron chi connectivity index (χ0n) is 16.0. The molecule has 0 unspecified atom stereocenters. The van der Waals surface area contributed by atoms with Gasteiger partial charge in [0.25, 0.3) is 0 Å². The molecule has 0 bridgehead atoms. The van der Waals surface area contributed by atoms with Gasteiger partial charge in [-0.3, -0.25) is 4.79 Å². The summed E-state index contributed by atoms with van der Waals surface area (Å²) in [5.41, 5.74) is 2.34. The Balaban J connectivity index is 1.56. The second-order valence-corrected chi connectivity index (χ2v) is 7.76. The van der Waals surface area contributed by atoms with Crippen LogP contribution in [0.25, 0.3) is 0 Å². The Bertz CT molecular complexity index is 594. The molecule has 25 heavy (non-hydrogen) atoms. The number of carbonyl (C=O) groups is 1. The topological polar surface area (TPSA) is 32.8 Å². The molecule has 0 spiro atoms. The first kappa shape index (κ1) is 18.2. The van der Waals surface area contributed by atoms with E-state index in [1.165, 1.54) is 24.8 Å². The van der Waals surface area contributed by atoms with Gasteiger partial charge in [-0.25, -0.2) is 0 Å². The van der Waals surface area contributed by atoms with Gasteiger partial charge in [0, 0.05) is 25.1 Å². The maximum atomic E-state index is 12.8. The molecule has 0 N–H and O–H groups in total. The fraction of sp³-hybridized carbons (Fsp3) is 0.667. The fourth-order valence-electron chi connectivity index (χ4n) is 4.00. The Morgan fingerprint density at radius 1 is 1.28 bits per heavy atom. The number of nitrogens with zero attached hydrogens (tertiary/aromatic N) is 2. The van der Waals surface area contributed by atoms with Gasteiger partial charge in [-0.2, -0.15) is 0 Å². The van der Waals surface area contributed by atoms with Gasteiger partial charge in [-0.15, -0.1) is 0 Å². The zero-order valence-corrected chi connectivity index (χ0v) is 16.0. The molecule has 1 atom stereocenters. The monoisotopic (exact) mass is 344 g/mol. The third kappa shape index (κ3) is 4.75. The van der Waals surface area contributed by atoms with Crippen molar-refractivity contribution in [2.24, 2.45) is 5.92 Å². The Kier molecular flexibility index (Phi) is 6.00. The van der Waals surface area contributed by atoms with Crippen LogP contribution in [-0.2, 0) is 11.3 Å². The van der Waals surface area contributed by atoms with Crippen molar-refractivity contribution in [3.63, 3.8) is 0 Å². The van der Waals surface area contributed by atoms with Crippen molar-refractivity contribution in [1.29, 1.82) is 0 Å². The predicted octanol–water partition coefficient (Wildman–Crippen LogP) is 3.62. The maximum Gasteiger partial charge on any atom is 0.224 e. The Morgan fingerprint density at radius 3 is 2.76 bits per heavy atom. The Morgan fingerprint density at radius 2 is 2.04 bits per heavy atom. The van der Waals surface area contributed by atoms with Crippen LogP contribution in [0.3, 0.4) is 0 Å². The minimum atomic E-state index is 0.0354. The standard InChI is InChI=1S/C21H32N2O2/c1-4-18-7-10-22(11-8-18)12-9-21(24)23-14-17(3)25-20-6-5-16(2)13-19(20)15-23/h5-6,13,17-18H,4,7-12,14-15H2,1-3H3/t17-/m1/s1. The van der Waals surface area contributed by atoms with Crippen molar-refractivity contribution in [2.45, 2.75) is 59.1 Å². The summed E-state index contributed by atoms with van der Waals surface area (Å²) in [6.07, 6.45) is 4.51. The summed E-state index contributed by atoms with van der Waals surface area (Å²) in [6, 6.07) is 6.25. The van der Waals surface area contributed by atoms with Crippen LogP contribution in [0.4, 0.5) is 0 Å². The van der Waals surface area contributed by atoms with E-state index < -0.39 is 0 Å². The number of benzene rings is 1. The SMILES string of the molecule is CCC1CCN(CCC(=O)N2Cc3cc(C)ccc3O[C@H](C)C2)CC1. The van der Waals surface area contributed by atoms with Crippen molar-refractivity contribution < 1.29 is 9.53 Å². The molecule has 0 saturated carbocycles. The number of piperidine rings is 1.